The topological polar surface area (TPSA) is 49.4 Å². The molecule has 2 saturated heterocycles. The Bertz CT molecular complexity index is 682. The molecule has 0 saturated carbocycles. The van der Waals surface area contributed by atoms with Gasteiger partial charge < -0.3 is 5.32 Å². The summed E-state index contributed by atoms with van der Waals surface area (Å²) in [7, 11) is -3.89. The molecular formula is C14H18ClF3N2O2S. The molecule has 2 aliphatic rings. The Balaban J connectivity index is 0.00000192. The van der Waals surface area contributed by atoms with Crippen LogP contribution in [0.3, 0.4) is 0 Å². The Kier molecular flexibility index (Phi) is 5.02. The van der Waals surface area contributed by atoms with E-state index in [9.17, 15) is 21.6 Å². The van der Waals surface area contributed by atoms with Crippen LogP contribution in [-0.4, -0.2) is 38.9 Å². The smallest absolute Gasteiger partial charge is 0.316 e. The van der Waals surface area contributed by atoms with E-state index in [0.717, 1.165) is 25.2 Å². The fourth-order valence-corrected chi connectivity index (χ4v) is 5.01. The summed E-state index contributed by atoms with van der Waals surface area (Å²) in [5.74, 6) is 0.502. The molecular weight excluding hydrogens is 353 g/mol. The number of fused-ring (bicyclic) bond motifs is 1. The second-order valence-electron chi connectivity index (χ2n) is 5.98. The lowest BCUT2D eigenvalue weighted by molar-refractivity contribution is -0.137. The van der Waals surface area contributed by atoms with Crippen molar-refractivity contribution in [1.29, 1.82) is 0 Å². The van der Waals surface area contributed by atoms with Gasteiger partial charge in [0.05, 0.1) is 10.5 Å². The van der Waals surface area contributed by atoms with Gasteiger partial charge in [-0.2, -0.15) is 17.5 Å². The Labute approximate surface area is 139 Å². The molecule has 2 fully saturated rings. The number of rotatable bonds is 2. The average Bonchev–Trinajstić information content (AvgIpc) is 2.98. The molecule has 0 aliphatic carbocycles. The van der Waals surface area contributed by atoms with Gasteiger partial charge in [-0.1, -0.05) is 6.07 Å². The Morgan fingerprint density at radius 1 is 1.17 bits per heavy atom. The second kappa shape index (κ2) is 6.23. The third kappa shape index (κ3) is 3.35. The number of sulfonamides is 1. The van der Waals surface area contributed by atoms with Gasteiger partial charge in [-0.3, -0.25) is 0 Å². The fraction of sp³-hybridized carbons (Fsp3) is 0.571. The summed E-state index contributed by atoms with van der Waals surface area (Å²) in [6.45, 7) is 3.79. The maximum atomic E-state index is 12.8. The van der Waals surface area contributed by atoms with Crippen LogP contribution >= 0.6 is 12.4 Å². The molecule has 4 nitrogen and oxygen atoms in total. The molecule has 0 amide bonds. The Hall–Kier alpha value is -0.830. The highest BCUT2D eigenvalue weighted by Crippen LogP contribution is 2.35. The minimum absolute atomic E-state index is 0. The Morgan fingerprint density at radius 2 is 1.74 bits per heavy atom. The van der Waals surface area contributed by atoms with Crippen molar-refractivity contribution in [2.45, 2.75) is 18.0 Å². The number of halogens is 4. The highest BCUT2D eigenvalue weighted by atomic mass is 35.5. The summed E-state index contributed by atoms with van der Waals surface area (Å²) in [5, 5.41) is 3.21. The van der Waals surface area contributed by atoms with Crippen LogP contribution in [0, 0.1) is 18.8 Å². The van der Waals surface area contributed by atoms with E-state index >= 15 is 0 Å². The highest BCUT2D eigenvalue weighted by Gasteiger charge is 2.42. The molecule has 2 atom stereocenters. The summed E-state index contributed by atoms with van der Waals surface area (Å²) in [5.41, 5.74) is -0.596. The molecule has 0 unspecified atom stereocenters. The van der Waals surface area contributed by atoms with Gasteiger partial charge in [0.15, 0.2) is 0 Å². The van der Waals surface area contributed by atoms with Crippen LogP contribution in [-0.2, 0) is 16.2 Å². The standard InChI is InChI=1S/C14H17F3N2O2S.ClH/c1-9-2-3-12(14(15,16)17)4-13(9)22(20,21)19-7-10-5-18-6-11(10)8-19;/h2-4,10-11,18H,5-8H2,1H3;1H/t10-,11+;. The van der Waals surface area contributed by atoms with E-state index in [4.69, 9.17) is 0 Å². The predicted octanol–water partition coefficient (Wildman–Crippen LogP) is 2.28. The first-order valence-corrected chi connectivity index (χ1v) is 8.52. The van der Waals surface area contributed by atoms with E-state index in [1.807, 2.05) is 0 Å². The van der Waals surface area contributed by atoms with Crippen LogP contribution in [0.4, 0.5) is 13.2 Å². The molecule has 3 rings (SSSR count). The molecule has 1 N–H and O–H groups in total. The first kappa shape index (κ1) is 18.5. The average molecular weight is 371 g/mol. The maximum Gasteiger partial charge on any atom is 0.416 e. The molecule has 0 bridgehead atoms. The molecule has 0 aromatic heterocycles. The van der Waals surface area contributed by atoms with Gasteiger partial charge >= 0.3 is 6.18 Å². The summed E-state index contributed by atoms with van der Waals surface area (Å²) in [6.07, 6.45) is -4.55. The molecule has 2 aliphatic heterocycles. The van der Waals surface area contributed by atoms with Crippen LogP contribution in [0.25, 0.3) is 0 Å². The van der Waals surface area contributed by atoms with Gasteiger partial charge in [0, 0.05) is 13.1 Å². The largest absolute Gasteiger partial charge is 0.416 e. The van der Waals surface area contributed by atoms with Crippen molar-refractivity contribution in [3.8, 4) is 0 Å². The van der Waals surface area contributed by atoms with Crippen LogP contribution in [0.1, 0.15) is 11.1 Å². The van der Waals surface area contributed by atoms with Gasteiger partial charge in [0.2, 0.25) is 10.0 Å². The lowest BCUT2D eigenvalue weighted by atomic mass is 10.0. The molecule has 9 heteroatoms. The molecule has 1 aromatic rings. The van der Waals surface area contributed by atoms with E-state index in [1.54, 1.807) is 0 Å². The summed E-state index contributed by atoms with van der Waals surface area (Å²) >= 11 is 0. The number of nitrogens with zero attached hydrogens (tertiary/aromatic N) is 1. The number of alkyl halides is 3. The summed E-state index contributed by atoms with van der Waals surface area (Å²) in [4.78, 5) is -0.241. The number of hydrogen-bond donors (Lipinski definition) is 1. The predicted molar refractivity (Wildman–Crippen MR) is 82.0 cm³/mol. The third-order valence-corrected chi connectivity index (χ3v) is 6.46. The van der Waals surface area contributed by atoms with Crippen LogP contribution in [0.15, 0.2) is 23.1 Å². The Morgan fingerprint density at radius 3 is 2.26 bits per heavy atom. The van der Waals surface area contributed by atoms with E-state index in [2.05, 4.69) is 5.32 Å². The second-order valence-corrected chi connectivity index (χ2v) is 7.88. The van der Waals surface area contributed by atoms with Crippen molar-refractivity contribution in [2.24, 2.45) is 11.8 Å². The highest BCUT2D eigenvalue weighted by molar-refractivity contribution is 7.89. The summed E-state index contributed by atoms with van der Waals surface area (Å²) < 4.78 is 65.2. The van der Waals surface area contributed by atoms with Crippen molar-refractivity contribution >= 4 is 22.4 Å². The van der Waals surface area contributed by atoms with Gasteiger partial charge in [0.1, 0.15) is 0 Å². The number of hydrogen-bond acceptors (Lipinski definition) is 3. The molecule has 23 heavy (non-hydrogen) atoms. The number of nitrogens with one attached hydrogen (secondary N) is 1. The van der Waals surface area contributed by atoms with Crippen LogP contribution < -0.4 is 5.32 Å². The minimum Gasteiger partial charge on any atom is -0.316 e. The monoisotopic (exact) mass is 370 g/mol. The number of aryl methyl sites for hydroxylation is 1. The summed E-state index contributed by atoms with van der Waals surface area (Å²) in [6, 6.07) is 2.88. The van der Waals surface area contributed by atoms with Crippen molar-refractivity contribution in [2.75, 3.05) is 26.2 Å². The van der Waals surface area contributed by atoms with Gasteiger partial charge in [-0.15, -0.1) is 12.4 Å². The zero-order valence-corrected chi connectivity index (χ0v) is 14.1. The van der Waals surface area contributed by atoms with Crippen LogP contribution in [0.5, 0.6) is 0 Å². The molecule has 130 valence electrons. The first-order valence-electron chi connectivity index (χ1n) is 7.08. The molecule has 0 radical (unpaired) electrons. The van der Waals surface area contributed by atoms with Crippen molar-refractivity contribution < 1.29 is 21.6 Å². The van der Waals surface area contributed by atoms with Gasteiger partial charge in [-0.05, 0) is 49.5 Å². The van der Waals surface area contributed by atoms with Crippen molar-refractivity contribution in [3.63, 3.8) is 0 Å². The van der Waals surface area contributed by atoms with Gasteiger partial charge in [-0.25, -0.2) is 8.42 Å². The van der Waals surface area contributed by atoms with Crippen molar-refractivity contribution in [1.82, 2.24) is 9.62 Å². The van der Waals surface area contributed by atoms with E-state index in [0.29, 0.717) is 18.7 Å². The number of benzene rings is 1. The quantitative estimate of drug-likeness (QED) is 0.869. The lowest BCUT2D eigenvalue weighted by Gasteiger charge is -2.20. The maximum absolute atomic E-state index is 12.8. The van der Waals surface area contributed by atoms with E-state index in [-0.39, 0.29) is 29.1 Å². The lowest BCUT2D eigenvalue weighted by Crippen LogP contribution is -2.32. The fourth-order valence-electron chi connectivity index (χ4n) is 3.20. The molecule has 2 heterocycles. The normalized spacial score (nSPS) is 25.2. The zero-order chi connectivity index (χ0) is 16.1. The molecule has 0 spiro atoms. The van der Waals surface area contributed by atoms with Crippen molar-refractivity contribution in [3.05, 3.63) is 29.3 Å². The van der Waals surface area contributed by atoms with Crippen LogP contribution in [0.2, 0.25) is 0 Å². The van der Waals surface area contributed by atoms with Gasteiger partial charge in [0.25, 0.3) is 0 Å². The van der Waals surface area contributed by atoms with E-state index < -0.39 is 21.8 Å². The third-order valence-electron chi connectivity index (χ3n) is 4.49. The zero-order valence-electron chi connectivity index (χ0n) is 12.4. The molecule has 1 aromatic carbocycles. The SMILES string of the molecule is Cc1ccc(C(F)(F)F)cc1S(=O)(=O)N1C[C@H]2CNC[C@H]2C1.Cl. The first-order chi connectivity index (χ1) is 10.2. The minimum atomic E-state index is -4.55. The van der Waals surface area contributed by atoms with E-state index in [1.165, 1.54) is 17.3 Å².